The number of hydrogen-bond acceptors (Lipinski definition) is 7. The Morgan fingerprint density at radius 2 is 1.96 bits per heavy atom. The summed E-state index contributed by atoms with van der Waals surface area (Å²) in [6.45, 7) is -0.788. The van der Waals surface area contributed by atoms with Gasteiger partial charge in [-0.15, -0.1) is 0 Å². The summed E-state index contributed by atoms with van der Waals surface area (Å²) in [5.41, 5.74) is 12.6. The van der Waals surface area contributed by atoms with Crippen molar-refractivity contribution >= 4 is 34.4 Å². The van der Waals surface area contributed by atoms with E-state index in [4.69, 9.17) is 11.5 Å². The van der Waals surface area contributed by atoms with Crippen LogP contribution >= 0.6 is 0 Å². The number of amides is 2. The number of nitrogens with two attached hydrogens (primary N) is 2. The van der Waals surface area contributed by atoms with Gasteiger partial charge in [0.05, 0.1) is 22.6 Å². The molecule has 7 N–H and O–H groups in total. The van der Waals surface area contributed by atoms with Crippen molar-refractivity contribution in [3.8, 4) is 0 Å². The molecule has 0 atom stereocenters. The molecule has 10 heteroatoms. The molecule has 2 heterocycles. The Bertz CT molecular complexity index is 1020. The molecule has 1 aliphatic carbocycles. The van der Waals surface area contributed by atoms with Gasteiger partial charge in [-0.3, -0.25) is 9.59 Å². The van der Waals surface area contributed by atoms with Crippen LogP contribution in [0.4, 0.5) is 21.5 Å². The molecule has 1 aliphatic heterocycles. The molecule has 28 heavy (non-hydrogen) atoms. The van der Waals surface area contributed by atoms with Gasteiger partial charge in [0, 0.05) is 11.9 Å². The minimum atomic E-state index is -0.788. The van der Waals surface area contributed by atoms with Crippen molar-refractivity contribution in [2.75, 3.05) is 16.0 Å². The van der Waals surface area contributed by atoms with Crippen molar-refractivity contribution in [2.45, 2.75) is 25.1 Å². The van der Waals surface area contributed by atoms with Gasteiger partial charge in [-0.25, -0.2) is 14.4 Å². The number of benzene rings is 1. The van der Waals surface area contributed by atoms with Crippen LogP contribution in [-0.4, -0.2) is 27.3 Å². The molecule has 144 valence electrons. The van der Waals surface area contributed by atoms with E-state index in [0.717, 1.165) is 0 Å². The number of alkyl halides is 1. The fourth-order valence-corrected chi connectivity index (χ4v) is 2.81. The molecule has 0 spiro atoms. The van der Waals surface area contributed by atoms with Crippen LogP contribution in [0.1, 0.15) is 24.4 Å². The van der Waals surface area contributed by atoms with Gasteiger partial charge in [0.1, 0.15) is 18.1 Å². The summed E-state index contributed by atoms with van der Waals surface area (Å²) in [7, 11) is 0. The van der Waals surface area contributed by atoms with Crippen LogP contribution < -0.4 is 27.4 Å². The summed E-state index contributed by atoms with van der Waals surface area (Å²) in [4.78, 5) is 32.2. The second-order valence-corrected chi connectivity index (χ2v) is 6.74. The average Bonchev–Trinajstić information content (AvgIpc) is 3.29. The molecule has 2 aliphatic rings. The molecule has 0 saturated heterocycles. The largest absolute Gasteiger partial charge is 0.365 e. The van der Waals surface area contributed by atoms with Crippen molar-refractivity contribution in [1.82, 2.24) is 9.97 Å². The van der Waals surface area contributed by atoms with Crippen LogP contribution in [0.3, 0.4) is 0 Å². The van der Waals surface area contributed by atoms with E-state index >= 15 is 0 Å². The maximum absolute atomic E-state index is 12.9. The molecule has 0 bridgehead atoms. The van der Waals surface area contributed by atoms with Gasteiger partial charge in [-0.1, -0.05) is 0 Å². The third-order valence-electron chi connectivity index (χ3n) is 4.61. The maximum Gasteiger partial charge on any atom is 0.256 e. The van der Waals surface area contributed by atoms with Crippen LogP contribution in [0.2, 0.25) is 0 Å². The van der Waals surface area contributed by atoms with Crippen LogP contribution in [0.5, 0.6) is 0 Å². The third-order valence-corrected chi connectivity index (χ3v) is 4.61. The number of halogens is 1. The number of anilines is 3. The Hall–Kier alpha value is -3.53. The van der Waals surface area contributed by atoms with Gasteiger partial charge in [0.25, 0.3) is 5.91 Å². The zero-order valence-corrected chi connectivity index (χ0v) is 14.8. The van der Waals surface area contributed by atoms with Gasteiger partial charge < -0.3 is 27.4 Å². The second kappa shape index (κ2) is 6.57. The normalized spacial score (nSPS) is 17.8. The predicted octanol–water partition coefficient (Wildman–Crippen LogP) is 1.07. The Balaban J connectivity index is 1.63. The maximum atomic E-state index is 12.9. The molecule has 1 aromatic heterocycles. The first-order chi connectivity index (χ1) is 13.4. The lowest BCUT2D eigenvalue weighted by atomic mass is 10.2. The van der Waals surface area contributed by atoms with Crippen LogP contribution in [0, 0.1) is 0 Å². The number of nitrogens with zero attached hydrogens (tertiary/aromatic N) is 2. The van der Waals surface area contributed by atoms with Crippen LogP contribution in [0.15, 0.2) is 36.3 Å². The molecule has 1 saturated carbocycles. The number of fused-ring (bicyclic) bond motifs is 1. The molecule has 1 aromatic carbocycles. The standard InChI is InChI=1S/C18H18FN7O2/c19-8-10-3-6-22-15(23-10)13(14(20)27)16-25-11-2-1-9(7-12(11)26-16)24-17(28)18(21)4-5-18/h1-3,6-7,25-26H,4-5,8,21H2,(H2,20,27)(H,24,28)/b16-13-. The summed E-state index contributed by atoms with van der Waals surface area (Å²) < 4.78 is 12.9. The molecular weight excluding hydrogens is 365 g/mol. The molecule has 0 radical (unpaired) electrons. The third kappa shape index (κ3) is 3.25. The Morgan fingerprint density at radius 3 is 2.64 bits per heavy atom. The van der Waals surface area contributed by atoms with Crippen molar-refractivity contribution in [2.24, 2.45) is 11.5 Å². The number of nitrogens with one attached hydrogen (secondary N) is 3. The fourth-order valence-electron chi connectivity index (χ4n) is 2.81. The fraction of sp³-hybridized carbons (Fsp3) is 0.222. The first kappa shape index (κ1) is 17.9. The van der Waals surface area contributed by atoms with Gasteiger partial charge in [0.2, 0.25) is 5.91 Å². The van der Waals surface area contributed by atoms with E-state index in [0.29, 0.717) is 29.9 Å². The average molecular weight is 383 g/mol. The first-order valence-corrected chi connectivity index (χ1v) is 8.60. The number of carbonyl (C=O) groups is 2. The second-order valence-electron chi connectivity index (χ2n) is 6.74. The Kier molecular flexibility index (Phi) is 4.19. The minimum absolute atomic E-state index is 0.00372. The van der Waals surface area contributed by atoms with Crippen molar-refractivity contribution in [3.63, 3.8) is 0 Å². The summed E-state index contributed by atoms with van der Waals surface area (Å²) in [5.74, 6) is -0.716. The lowest BCUT2D eigenvalue weighted by Crippen LogP contribution is -2.37. The monoisotopic (exact) mass is 383 g/mol. The number of primary amides is 1. The van der Waals surface area contributed by atoms with E-state index in [9.17, 15) is 14.0 Å². The van der Waals surface area contributed by atoms with Gasteiger partial charge >= 0.3 is 0 Å². The SMILES string of the molecule is NC(=O)/C(=C1\Nc2ccc(NC(=O)C3(N)CC3)cc2N1)c1nccc(CF)n1. The highest BCUT2D eigenvalue weighted by Crippen LogP contribution is 2.37. The zero-order valence-electron chi connectivity index (χ0n) is 14.8. The summed E-state index contributed by atoms with van der Waals surface area (Å²) >= 11 is 0. The number of aromatic nitrogens is 2. The van der Waals surface area contributed by atoms with Crippen molar-refractivity contribution in [1.29, 1.82) is 0 Å². The summed E-state index contributed by atoms with van der Waals surface area (Å²) in [6, 6.07) is 6.56. The van der Waals surface area contributed by atoms with E-state index in [-0.39, 0.29) is 28.8 Å². The van der Waals surface area contributed by atoms with Crippen molar-refractivity contribution < 1.29 is 14.0 Å². The van der Waals surface area contributed by atoms with E-state index in [2.05, 4.69) is 25.9 Å². The Labute approximate surface area is 159 Å². The first-order valence-electron chi connectivity index (χ1n) is 8.60. The highest BCUT2D eigenvalue weighted by Gasteiger charge is 2.46. The number of carbonyl (C=O) groups excluding carboxylic acids is 2. The van der Waals surface area contributed by atoms with E-state index < -0.39 is 18.1 Å². The highest BCUT2D eigenvalue weighted by atomic mass is 19.1. The lowest BCUT2D eigenvalue weighted by molar-refractivity contribution is -0.118. The van der Waals surface area contributed by atoms with Crippen molar-refractivity contribution in [3.05, 3.63) is 47.8 Å². The smallest absolute Gasteiger partial charge is 0.256 e. The molecular formula is C18H18FN7O2. The van der Waals surface area contributed by atoms with Gasteiger partial charge in [0.15, 0.2) is 5.82 Å². The van der Waals surface area contributed by atoms with E-state index in [1.807, 2.05) is 0 Å². The van der Waals surface area contributed by atoms with Gasteiger partial charge in [-0.2, -0.15) is 0 Å². The predicted molar refractivity (Wildman–Crippen MR) is 101 cm³/mol. The molecule has 0 unspecified atom stereocenters. The van der Waals surface area contributed by atoms with Gasteiger partial charge in [-0.05, 0) is 37.1 Å². The highest BCUT2D eigenvalue weighted by molar-refractivity contribution is 6.20. The number of rotatable bonds is 5. The molecule has 1 fully saturated rings. The van der Waals surface area contributed by atoms with E-state index in [1.165, 1.54) is 12.3 Å². The molecule has 2 amide bonds. The molecule has 9 nitrogen and oxygen atoms in total. The minimum Gasteiger partial charge on any atom is -0.365 e. The van der Waals surface area contributed by atoms with Crippen LogP contribution in [-0.2, 0) is 16.3 Å². The zero-order chi connectivity index (χ0) is 19.9. The van der Waals surface area contributed by atoms with E-state index in [1.54, 1.807) is 18.2 Å². The Morgan fingerprint density at radius 1 is 1.21 bits per heavy atom. The quantitative estimate of drug-likeness (QED) is 0.485. The summed E-state index contributed by atoms with van der Waals surface area (Å²) in [6.07, 6.45) is 2.68. The molecule has 4 rings (SSSR count). The lowest BCUT2D eigenvalue weighted by Gasteiger charge is -2.10. The topological polar surface area (TPSA) is 148 Å². The molecule has 2 aromatic rings. The van der Waals surface area contributed by atoms with Crippen LogP contribution in [0.25, 0.3) is 5.57 Å². The summed E-state index contributed by atoms with van der Waals surface area (Å²) in [5, 5.41) is 8.84. The number of hydrogen-bond donors (Lipinski definition) is 5.